The number of amides is 1. The first-order valence-corrected chi connectivity index (χ1v) is 6.83. The lowest BCUT2D eigenvalue weighted by molar-refractivity contribution is -0.124. The SMILES string of the molecule is C[C@@H]1CN(CC(=O)N[C@H](C)c2ccccc2)CCO1. The lowest BCUT2D eigenvalue weighted by Crippen LogP contribution is -2.46. The summed E-state index contributed by atoms with van der Waals surface area (Å²) in [5.41, 5.74) is 1.13. The minimum atomic E-state index is 0.0483. The molecular weight excluding hydrogens is 240 g/mol. The number of nitrogens with one attached hydrogen (secondary N) is 1. The summed E-state index contributed by atoms with van der Waals surface area (Å²) in [6, 6.07) is 10.1. The molecule has 104 valence electrons. The van der Waals surface area contributed by atoms with Crippen molar-refractivity contribution >= 4 is 5.91 Å². The van der Waals surface area contributed by atoms with Gasteiger partial charge in [-0.25, -0.2) is 0 Å². The molecule has 4 nitrogen and oxygen atoms in total. The zero-order chi connectivity index (χ0) is 13.7. The van der Waals surface area contributed by atoms with Gasteiger partial charge in [0.2, 0.25) is 5.91 Å². The molecule has 1 N–H and O–H groups in total. The molecule has 1 aromatic carbocycles. The number of nitrogens with zero attached hydrogens (tertiary/aromatic N) is 1. The Kier molecular flexibility index (Phi) is 4.93. The Hall–Kier alpha value is -1.39. The molecule has 0 spiro atoms. The van der Waals surface area contributed by atoms with Crippen LogP contribution in [-0.4, -0.2) is 43.2 Å². The van der Waals surface area contributed by atoms with Crippen molar-refractivity contribution in [2.24, 2.45) is 0 Å². The minimum Gasteiger partial charge on any atom is -0.376 e. The molecular formula is C15H22N2O2. The van der Waals surface area contributed by atoms with Gasteiger partial charge in [0.05, 0.1) is 25.3 Å². The first kappa shape index (κ1) is 14.0. The number of hydrogen-bond acceptors (Lipinski definition) is 3. The summed E-state index contributed by atoms with van der Waals surface area (Å²) in [4.78, 5) is 14.1. The van der Waals surface area contributed by atoms with E-state index in [1.165, 1.54) is 0 Å². The molecule has 0 bridgehead atoms. The average Bonchev–Trinajstić information content (AvgIpc) is 2.39. The first-order valence-electron chi connectivity index (χ1n) is 6.83. The van der Waals surface area contributed by atoms with Gasteiger partial charge in [0.1, 0.15) is 0 Å². The zero-order valence-electron chi connectivity index (χ0n) is 11.6. The maximum Gasteiger partial charge on any atom is 0.234 e. The predicted octanol–water partition coefficient (Wildman–Crippen LogP) is 1.58. The minimum absolute atomic E-state index is 0.0483. The summed E-state index contributed by atoms with van der Waals surface area (Å²) < 4.78 is 5.47. The van der Waals surface area contributed by atoms with E-state index in [0.29, 0.717) is 13.2 Å². The molecule has 1 aliphatic heterocycles. The second kappa shape index (κ2) is 6.68. The normalized spacial score (nSPS) is 21.9. The third kappa shape index (κ3) is 4.33. The third-order valence-electron chi connectivity index (χ3n) is 3.37. The molecule has 19 heavy (non-hydrogen) atoms. The summed E-state index contributed by atoms with van der Waals surface area (Å²) in [7, 11) is 0. The van der Waals surface area contributed by atoms with Crippen molar-refractivity contribution < 1.29 is 9.53 Å². The van der Waals surface area contributed by atoms with Gasteiger partial charge < -0.3 is 10.1 Å². The van der Waals surface area contributed by atoms with Crippen molar-refractivity contribution in [2.45, 2.75) is 26.0 Å². The van der Waals surface area contributed by atoms with Gasteiger partial charge in [-0.1, -0.05) is 30.3 Å². The van der Waals surface area contributed by atoms with Crippen molar-refractivity contribution in [1.82, 2.24) is 10.2 Å². The number of ether oxygens (including phenoxy) is 1. The molecule has 2 rings (SSSR count). The van der Waals surface area contributed by atoms with E-state index >= 15 is 0 Å². The molecule has 0 radical (unpaired) electrons. The van der Waals surface area contributed by atoms with Crippen LogP contribution in [0.4, 0.5) is 0 Å². The summed E-state index contributed by atoms with van der Waals surface area (Å²) in [5, 5.41) is 3.04. The molecule has 4 heteroatoms. The van der Waals surface area contributed by atoms with Crippen LogP contribution in [0.1, 0.15) is 25.5 Å². The quantitative estimate of drug-likeness (QED) is 0.896. The van der Waals surface area contributed by atoms with Gasteiger partial charge in [-0.3, -0.25) is 9.69 Å². The second-order valence-electron chi connectivity index (χ2n) is 5.12. The molecule has 0 unspecified atom stereocenters. The van der Waals surface area contributed by atoms with E-state index in [4.69, 9.17) is 4.74 Å². The van der Waals surface area contributed by atoms with Crippen LogP contribution in [-0.2, 0) is 9.53 Å². The molecule has 0 saturated carbocycles. The highest BCUT2D eigenvalue weighted by atomic mass is 16.5. The Morgan fingerprint density at radius 1 is 1.47 bits per heavy atom. The van der Waals surface area contributed by atoms with E-state index in [0.717, 1.165) is 18.7 Å². The fourth-order valence-electron chi connectivity index (χ4n) is 2.35. The van der Waals surface area contributed by atoms with E-state index in [-0.39, 0.29) is 18.1 Å². The number of hydrogen-bond donors (Lipinski definition) is 1. The number of carbonyl (C=O) groups excluding carboxylic acids is 1. The Labute approximate surface area is 114 Å². The van der Waals surface area contributed by atoms with Crippen LogP contribution in [0, 0.1) is 0 Å². The van der Waals surface area contributed by atoms with Gasteiger partial charge in [0.15, 0.2) is 0 Å². The standard InChI is InChI=1S/C15H22N2O2/c1-12-10-17(8-9-19-12)11-15(18)16-13(2)14-6-4-3-5-7-14/h3-7,12-13H,8-11H2,1-2H3,(H,16,18)/t12-,13-/m1/s1. The number of benzene rings is 1. The van der Waals surface area contributed by atoms with E-state index in [1.807, 2.05) is 44.2 Å². The van der Waals surface area contributed by atoms with Crippen molar-refractivity contribution in [1.29, 1.82) is 0 Å². The molecule has 1 saturated heterocycles. The van der Waals surface area contributed by atoms with Crippen LogP contribution >= 0.6 is 0 Å². The van der Waals surface area contributed by atoms with E-state index in [9.17, 15) is 4.79 Å². The number of morpholine rings is 1. The maximum absolute atomic E-state index is 12.0. The van der Waals surface area contributed by atoms with Crippen molar-refractivity contribution in [3.8, 4) is 0 Å². The topological polar surface area (TPSA) is 41.6 Å². The zero-order valence-corrected chi connectivity index (χ0v) is 11.6. The van der Waals surface area contributed by atoms with Crippen LogP contribution < -0.4 is 5.32 Å². The van der Waals surface area contributed by atoms with Crippen LogP contribution in [0.5, 0.6) is 0 Å². The molecule has 0 aromatic heterocycles. The Balaban J connectivity index is 1.81. The monoisotopic (exact) mass is 262 g/mol. The van der Waals surface area contributed by atoms with Crippen molar-refractivity contribution in [3.63, 3.8) is 0 Å². The number of rotatable bonds is 4. The summed E-state index contributed by atoms with van der Waals surface area (Å²) in [6.07, 6.45) is 0.216. The molecule has 1 fully saturated rings. The van der Waals surface area contributed by atoms with Crippen LogP contribution in [0.3, 0.4) is 0 Å². The average molecular weight is 262 g/mol. The highest BCUT2D eigenvalue weighted by Crippen LogP contribution is 2.11. The molecule has 0 aliphatic carbocycles. The van der Waals surface area contributed by atoms with Gasteiger partial charge in [0.25, 0.3) is 0 Å². The summed E-state index contributed by atoms with van der Waals surface area (Å²) >= 11 is 0. The first-order chi connectivity index (χ1) is 9.15. The van der Waals surface area contributed by atoms with Gasteiger partial charge in [-0.2, -0.15) is 0 Å². The molecule has 1 heterocycles. The fraction of sp³-hybridized carbons (Fsp3) is 0.533. The van der Waals surface area contributed by atoms with Crippen LogP contribution in [0.25, 0.3) is 0 Å². The van der Waals surface area contributed by atoms with Crippen molar-refractivity contribution in [3.05, 3.63) is 35.9 Å². The highest BCUT2D eigenvalue weighted by Gasteiger charge is 2.19. The lowest BCUT2D eigenvalue weighted by Gasteiger charge is -2.30. The molecule has 1 aromatic rings. The Morgan fingerprint density at radius 2 is 2.21 bits per heavy atom. The molecule has 1 amide bonds. The van der Waals surface area contributed by atoms with Crippen LogP contribution in [0.15, 0.2) is 30.3 Å². The van der Waals surface area contributed by atoms with E-state index in [1.54, 1.807) is 0 Å². The van der Waals surface area contributed by atoms with E-state index < -0.39 is 0 Å². The Bertz CT molecular complexity index is 408. The predicted molar refractivity (Wildman–Crippen MR) is 74.9 cm³/mol. The highest BCUT2D eigenvalue weighted by molar-refractivity contribution is 5.78. The van der Waals surface area contributed by atoms with Gasteiger partial charge in [-0.05, 0) is 19.4 Å². The Morgan fingerprint density at radius 3 is 2.89 bits per heavy atom. The van der Waals surface area contributed by atoms with Gasteiger partial charge in [0, 0.05) is 13.1 Å². The second-order valence-corrected chi connectivity index (χ2v) is 5.12. The maximum atomic E-state index is 12.0. The lowest BCUT2D eigenvalue weighted by atomic mass is 10.1. The van der Waals surface area contributed by atoms with Gasteiger partial charge in [-0.15, -0.1) is 0 Å². The largest absolute Gasteiger partial charge is 0.376 e. The van der Waals surface area contributed by atoms with Gasteiger partial charge >= 0.3 is 0 Å². The van der Waals surface area contributed by atoms with E-state index in [2.05, 4.69) is 10.2 Å². The fourth-order valence-corrected chi connectivity index (χ4v) is 2.35. The summed E-state index contributed by atoms with van der Waals surface area (Å²) in [5.74, 6) is 0.0745. The smallest absolute Gasteiger partial charge is 0.234 e. The van der Waals surface area contributed by atoms with Crippen LogP contribution in [0.2, 0.25) is 0 Å². The number of carbonyl (C=O) groups is 1. The molecule has 1 aliphatic rings. The third-order valence-corrected chi connectivity index (χ3v) is 3.37. The molecule has 2 atom stereocenters. The van der Waals surface area contributed by atoms with Crippen molar-refractivity contribution in [2.75, 3.05) is 26.2 Å². The summed E-state index contributed by atoms with van der Waals surface area (Å²) in [6.45, 7) is 6.87.